The molecule has 5 heteroatoms. The van der Waals surface area contributed by atoms with E-state index in [0.717, 1.165) is 16.8 Å². The second kappa shape index (κ2) is 5.75. The lowest BCUT2D eigenvalue weighted by molar-refractivity contribution is 0.0954. The van der Waals surface area contributed by atoms with E-state index in [-0.39, 0.29) is 12.5 Å². The molecular formula is C13H14N2O2S. The highest BCUT2D eigenvalue weighted by Crippen LogP contribution is 2.13. The van der Waals surface area contributed by atoms with E-state index in [2.05, 4.69) is 10.3 Å². The van der Waals surface area contributed by atoms with Gasteiger partial charge in [-0.15, -0.1) is 11.3 Å². The first-order valence-corrected chi connectivity index (χ1v) is 6.46. The van der Waals surface area contributed by atoms with Crippen LogP contribution in [0.1, 0.15) is 26.5 Å². The Labute approximate surface area is 109 Å². The Morgan fingerprint density at radius 3 is 2.72 bits per heavy atom. The van der Waals surface area contributed by atoms with E-state index in [9.17, 15) is 9.90 Å². The van der Waals surface area contributed by atoms with Gasteiger partial charge in [0.05, 0.1) is 17.8 Å². The number of carbonyl (C=O) groups excluding carboxylic acids is 1. The number of thiazole rings is 1. The summed E-state index contributed by atoms with van der Waals surface area (Å²) in [6.07, 6.45) is 0. The standard InChI is InChI=1S/C13H14N2O2S/c1-9-12(18-8-15-9)13(17)14-6-10-4-2-3-5-11(10)7-16/h2-5,8,16H,6-7H2,1H3,(H,14,17). The Hall–Kier alpha value is -1.72. The zero-order valence-electron chi connectivity index (χ0n) is 10.0. The van der Waals surface area contributed by atoms with E-state index < -0.39 is 0 Å². The van der Waals surface area contributed by atoms with Crippen LogP contribution in [-0.2, 0) is 13.2 Å². The van der Waals surface area contributed by atoms with Crippen LogP contribution in [0.3, 0.4) is 0 Å². The summed E-state index contributed by atoms with van der Waals surface area (Å²) in [6.45, 7) is 2.20. The third kappa shape index (κ3) is 2.75. The minimum atomic E-state index is -0.122. The fourth-order valence-electron chi connectivity index (χ4n) is 1.66. The van der Waals surface area contributed by atoms with E-state index in [1.54, 1.807) is 5.51 Å². The summed E-state index contributed by atoms with van der Waals surface area (Å²) >= 11 is 1.33. The fraction of sp³-hybridized carbons (Fsp3) is 0.231. The summed E-state index contributed by atoms with van der Waals surface area (Å²) in [6, 6.07) is 7.49. The monoisotopic (exact) mass is 262 g/mol. The topological polar surface area (TPSA) is 62.2 Å². The second-order valence-corrected chi connectivity index (χ2v) is 4.73. The first-order chi connectivity index (χ1) is 8.72. The Morgan fingerprint density at radius 1 is 1.39 bits per heavy atom. The molecule has 0 aliphatic carbocycles. The number of nitrogens with zero attached hydrogens (tertiary/aromatic N) is 1. The van der Waals surface area contributed by atoms with Gasteiger partial charge in [0, 0.05) is 6.54 Å². The van der Waals surface area contributed by atoms with Crippen molar-refractivity contribution in [3.05, 3.63) is 51.5 Å². The van der Waals surface area contributed by atoms with Crippen molar-refractivity contribution in [2.45, 2.75) is 20.1 Å². The van der Waals surface area contributed by atoms with E-state index in [0.29, 0.717) is 11.4 Å². The number of aryl methyl sites for hydroxylation is 1. The molecule has 2 rings (SSSR count). The van der Waals surface area contributed by atoms with Gasteiger partial charge in [0.2, 0.25) is 0 Å². The smallest absolute Gasteiger partial charge is 0.263 e. The zero-order valence-corrected chi connectivity index (χ0v) is 10.8. The molecule has 0 unspecified atom stereocenters. The average molecular weight is 262 g/mol. The molecule has 0 saturated carbocycles. The number of amides is 1. The molecule has 1 aromatic heterocycles. The summed E-state index contributed by atoms with van der Waals surface area (Å²) in [4.78, 5) is 16.6. The Morgan fingerprint density at radius 2 is 2.11 bits per heavy atom. The largest absolute Gasteiger partial charge is 0.392 e. The molecule has 0 fully saturated rings. The van der Waals surface area contributed by atoms with Gasteiger partial charge < -0.3 is 10.4 Å². The molecule has 1 amide bonds. The first kappa shape index (κ1) is 12.7. The number of hydrogen-bond donors (Lipinski definition) is 2. The normalized spacial score (nSPS) is 10.3. The second-order valence-electron chi connectivity index (χ2n) is 3.88. The fourth-order valence-corrected chi connectivity index (χ4v) is 2.38. The molecule has 1 heterocycles. The van der Waals surface area contributed by atoms with Gasteiger partial charge >= 0.3 is 0 Å². The maximum atomic E-state index is 11.9. The lowest BCUT2D eigenvalue weighted by Crippen LogP contribution is -2.23. The van der Waals surface area contributed by atoms with Crippen LogP contribution >= 0.6 is 11.3 Å². The Kier molecular flexibility index (Phi) is 4.07. The molecule has 4 nitrogen and oxygen atoms in total. The highest BCUT2D eigenvalue weighted by Gasteiger charge is 2.11. The number of nitrogens with one attached hydrogen (secondary N) is 1. The number of hydrogen-bond acceptors (Lipinski definition) is 4. The molecule has 0 spiro atoms. The average Bonchev–Trinajstić information content (AvgIpc) is 2.82. The quantitative estimate of drug-likeness (QED) is 0.884. The number of carbonyl (C=O) groups is 1. The number of aliphatic hydroxyl groups excluding tert-OH is 1. The summed E-state index contributed by atoms with van der Waals surface area (Å²) in [5, 5.41) is 12.0. The number of rotatable bonds is 4. The number of aromatic nitrogens is 1. The van der Waals surface area contributed by atoms with Crippen LogP contribution in [0.5, 0.6) is 0 Å². The van der Waals surface area contributed by atoms with E-state index >= 15 is 0 Å². The molecule has 1 aromatic carbocycles. The van der Waals surface area contributed by atoms with Crippen LogP contribution in [0, 0.1) is 6.92 Å². The van der Waals surface area contributed by atoms with Gasteiger partial charge in [0.15, 0.2) is 0 Å². The predicted molar refractivity (Wildman–Crippen MR) is 70.4 cm³/mol. The summed E-state index contributed by atoms with van der Waals surface area (Å²) < 4.78 is 0. The van der Waals surface area contributed by atoms with Crippen molar-refractivity contribution in [3.8, 4) is 0 Å². The maximum absolute atomic E-state index is 11.9. The highest BCUT2D eigenvalue weighted by atomic mass is 32.1. The van der Waals surface area contributed by atoms with Crippen molar-refractivity contribution in [3.63, 3.8) is 0 Å². The van der Waals surface area contributed by atoms with Gasteiger partial charge in [0.25, 0.3) is 5.91 Å². The molecular weight excluding hydrogens is 248 g/mol. The maximum Gasteiger partial charge on any atom is 0.263 e. The Balaban J connectivity index is 2.04. The minimum absolute atomic E-state index is 0.0222. The molecule has 0 bridgehead atoms. The lowest BCUT2D eigenvalue weighted by Gasteiger charge is -2.08. The van der Waals surface area contributed by atoms with Crippen LogP contribution in [0.15, 0.2) is 29.8 Å². The van der Waals surface area contributed by atoms with Crippen LogP contribution < -0.4 is 5.32 Å². The molecule has 0 atom stereocenters. The number of aliphatic hydroxyl groups is 1. The van der Waals surface area contributed by atoms with Gasteiger partial charge in [0.1, 0.15) is 4.88 Å². The van der Waals surface area contributed by atoms with Crippen LogP contribution in [0.4, 0.5) is 0 Å². The van der Waals surface area contributed by atoms with E-state index in [1.807, 2.05) is 31.2 Å². The van der Waals surface area contributed by atoms with Gasteiger partial charge in [-0.25, -0.2) is 4.98 Å². The van der Waals surface area contributed by atoms with Crippen molar-refractivity contribution >= 4 is 17.2 Å². The van der Waals surface area contributed by atoms with Gasteiger partial charge in [-0.05, 0) is 18.1 Å². The van der Waals surface area contributed by atoms with Crippen molar-refractivity contribution < 1.29 is 9.90 Å². The molecule has 0 aliphatic rings. The van der Waals surface area contributed by atoms with Crippen LogP contribution in [0.25, 0.3) is 0 Å². The lowest BCUT2D eigenvalue weighted by atomic mass is 10.1. The highest BCUT2D eigenvalue weighted by molar-refractivity contribution is 7.11. The minimum Gasteiger partial charge on any atom is -0.392 e. The molecule has 94 valence electrons. The zero-order chi connectivity index (χ0) is 13.0. The van der Waals surface area contributed by atoms with Gasteiger partial charge in [-0.3, -0.25) is 4.79 Å². The van der Waals surface area contributed by atoms with E-state index in [4.69, 9.17) is 0 Å². The summed E-state index contributed by atoms with van der Waals surface area (Å²) in [5.74, 6) is -0.122. The van der Waals surface area contributed by atoms with Crippen LogP contribution in [0.2, 0.25) is 0 Å². The third-order valence-electron chi connectivity index (χ3n) is 2.68. The third-order valence-corrected chi connectivity index (χ3v) is 3.61. The molecule has 2 aromatic rings. The van der Waals surface area contributed by atoms with Crippen molar-refractivity contribution in [1.29, 1.82) is 0 Å². The predicted octanol–water partition coefficient (Wildman–Crippen LogP) is 1.87. The first-order valence-electron chi connectivity index (χ1n) is 5.58. The van der Waals surface area contributed by atoms with Crippen LogP contribution in [-0.4, -0.2) is 16.0 Å². The van der Waals surface area contributed by atoms with Crippen molar-refractivity contribution in [2.24, 2.45) is 0 Å². The number of benzene rings is 1. The van der Waals surface area contributed by atoms with Gasteiger partial charge in [-0.1, -0.05) is 24.3 Å². The summed E-state index contributed by atoms with van der Waals surface area (Å²) in [5.41, 5.74) is 4.16. The molecule has 0 saturated heterocycles. The van der Waals surface area contributed by atoms with Crippen molar-refractivity contribution in [1.82, 2.24) is 10.3 Å². The molecule has 0 aliphatic heterocycles. The SMILES string of the molecule is Cc1ncsc1C(=O)NCc1ccccc1CO. The molecule has 18 heavy (non-hydrogen) atoms. The van der Waals surface area contributed by atoms with Gasteiger partial charge in [-0.2, -0.15) is 0 Å². The van der Waals surface area contributed by atoms with E-state index in [1.165, 1.54) is 11.3 Å². The Bertz CT molecular complexity index is 551. The summed E-state index contributed by atoms with van der Waals surface area (Å²) in [7, 11) is 0. The molecule has 2 N–H and O–H groups in total. The molecule has 0 radical (unpaired) electrons. The van der Waals surface area contributed by atoms with Crippen molar-refractivity contribution in [2.75, 3.05) is 0 Å².